The second kappa shape index (κ2) is 8.26. The van der Waals surface area contributed by atoms with E-state index in [0.29, 0.717) is 40.1 Å². The summed E-state index contributed by atoms with van der Waals surface area (Å²) in [5.74, 6) is -0.733. The molecule has 0 spiro atoms. The van der Waals surface area contributed by atoms with Crippen molar-refractivity contribution in [3.63, 3.8) is 0 Å². The van der Waals surface area contributed by atoms with Crippen molar-refractivity contribution >= 4 is 22.6 Å². The molecule has 7 heteroatoms. The number of para-hydroxylation sites is 1. The molecule has 0 fully saturated rings. The van der Waals surface area contributed by atoms with Gasteiger partial charge in [0, 0.05) is 41.2 Å². The van der Waals surface area contributed by atoms with Crippen molar-refractivity contribution < 1.29 is 23.4 Å². The number of hydrogen-bond acceptors (Lipinski definition) is 5. The summed E-state index contributed by atoms with van der Waals surface area (Å²) in [6, 6.07) is 16.4. The number of nitrogens with zero attached hydrogens (tertiary/aromatic N) is 1. The number of rotatable bonds is 5. The lowest BCUT2D eigenvalue weighted by molar-refractivity contribution is -0.136. The Kier molecular flexibility index (Phi) is 5.26. The molecular weight excluding hydrogens is 423 g/mol. The third-order valence-corrected chi connectivity index (χ3v) is 6.06. The van der Waals surface area contributed by atoms with Gasteiger partial charge in [0.05, 0.1) is 24.9 Å². The molecule has 0 amide bonds. The molecular formula is C26H23FN2O4. The highest BCUT2D eigenvalue weighted by atomic mass is 19.1. The van der Waals surface area contributed by atoms with E-state index < -0.39 is 5.97 Å². The zero-order valence-electron chi connectivity index (χ0n) is 18.0. The van der Waals surface area contributed by atoms with Crippen LogP contribution in [0.2, 0.25) is 0 Å². The SMILES string of the molecule is CN1C[C@@H](c2cc(-c3cccc(CN)c3F)c3occc3c2)Oc2c(CC(=O)O)cccc21. The van der Waals surface area contributed by atoms with Crippen molar-refractivity contribution in [2.75, 3.05) is 18.5 Å². The summed E-state index contributed by atoms with van der Waals surface area (Å²) in [5, 5.41) is 10.1. The van der Waals surface area contributed by atoms with Gasteiger partial charge in [-0.1, -0.05) is 30.3 Å². The smallest absolute Gasteiger partial charge is 0.307 e. The van der Waals surface area contributed by atoms with Crippen LogP contribution in [-0.2, 0) is 17.8 Å². The summed E-state index contributed by atoms with van der Waals surface area (Å²) in [4.78, 5) is 13.4. The molecule has 2 heterocycles. The molecule has 0 radical (unpaired) electrons. The highest BCUT2D eigenvalue weighted by Gasteiger charge is 2.28. The predicted molar refractivity (Wildman–Crippen MR) is 124 cm³/mol. The zero-order chi connectivity index (χ0) is 23.1. The number of benzene rings is 3. The maximum absolute atomic E-state index is 15.2. The summed E-state index contributed by atoms with van der Waals surface area (Å²) in [6.45, 7) is 0.651. The number of carbonyl (C=O) groups is 1. The van der Waals surface area contributed by atoms with Crippen molar-refractivity contribution in [3.8, 4) is 16.9 Å². The minimum absolute atomic E-state index is 0.0976. The topological polar surface area (TPSA) is 88.9 Å². The van der Waals surface area contributed by atoms with Crippen LogP contribution in [0.25, 0.3) is 22.1 Å². The third kappa shape index (κ3) is 3.70. The highest BCUT2D eigenvalue weighted by Crippen LogP contribution is 2.42. The number of aliphatic carboxylic acids is 1. The first kappa shape index (κ1) is 21.0. The largest absolute Gasteiger partial charge is 0.481 e. The number of carboxylic acid groups (broad SMARTS) is 1. The molecule has 3 aromatic carbocycles. The van der Waals surface area contributed by atoms with Gasteiger partial charge in [0.25, 0.3) is 0 Å². The number of likely N-dealkylation sites (N-methyl/N-ethyl adjacent to an activating group) is 1. The lowest BCUT2D eigenvalue weighted by atomic mass is 9.95. The quantitative estimate of drug-likeness (QED) is 0.454. The Morgan fingerprint density at radius 2 is 1.94 bits per heavy atom. The van der Waals surface area contributed by atoms with E-state index in [2.05, 4.69) is 0 Å². The number of halogens is 1. The van der Waals surface area contributed by atoms with Crippen LogP contribution in [0, 0.1) is 5.82 Å². The van der Waals surface area contributed by atoms with E-state index in [-0.39, 0.29) is 24.9 Å². The van der Waals surface area contributed by atoms with Crippen molar-refractivity contribution in [2.24, 2.45) is 5.73 Å². The first-order valence-corrected chi connectivity index (χ1v) is 10.7. The number of hydrogen-bond donors (Lipinski definition) is 2. The summed E-state index contributed by atoms with van der Waals surface area (Å²) in [5.41, 5.74) is 10.1. The van der Waals surface area contributed by atoms with Gasteiger partial charge in [0.1, 0.15) is 23.3 Å². The molecule has 1 aliphatic rings. The van der Waals surface area contributed by atoms with E-state index in [1.54, 1.807) is 30.5 Å². The predicted octanol–water partition coefficient (Wildman–Crippen LogP) is 4.89. The van der Waals surface area contributed by atoms with Gasteiger partial charge in [-0.15, -0.1) is 0 Å². The number of carboxylic acids is 1. The standard InChI is InChI=1S/C26H23FN2O4/c1-29-14-22(33-26-15(12-23(30)31)4-3-7-21(26)29)18-10-16-8-9-32-25(16)20(11-18)19-6-2-5-17(13-28)24(19)27/h2-11,22H,12-14,28H2,1H3,(H,30,31)/t22-/m0/s1. The van der Waals surface area contributed by atoms with Gasteiger partial charge in [0.2, 0.25) is 0 Å². The molecule has 4 aromatic rings. The number of anilines is 1. The highest BCUT2D eigenvalue weighted by molar-refractivity contribution is 5.93. The van der Waals surface area contributed by atoms with Crippen LogP contribution in [0.3, 0.4) is 0 Å². The number of ether oxygens (including phenoxy) is 1. The molecule has 1 atom stereocenters. The van der Waals surface area contributed by atoms with Gasteiger partial charge in [-0.2, -0.15) is 0 Å². The van der Waals surface area contributed by atoms with E-state index in [0.717, 1.165) is 16.6 Å². The van der Waals surface area contributed by atoms with Gasteiger partial charge >= 0.3 is 5.97 Å². The Balaban J connectivity index is 1.62. The second-order valence-electron chi connectivity index (χ2n) is 8.21. The summed E-state index contributed by atoms with van der Waals surface area (Å²) in [7, 11) is 1.95. The molecule has 33 heavy (non-hydrogen) atoms. The molecule has 168 valence electrons. The van der Waals surface area contributed by atoms with E-state index in [4.69, 9.17) is 14.9 Å². The summed E-state index contributed by atoms with van der Waals surface area (Å²) >= 11 is 0. The Bertz CT molecular complexity index is 1360. The molecule has 0 unspecified atom stereocenters. The Morgan fingerprint density at radius 3 is 2.73 bits per heavy atom. The molecule has 6 nitrogen and oxygen atoms in total. The van der Waals surface area contributed by atoms with Gasteiger partial charge in [0.15, 0.2) is 0 Å². The maximum atomic E-state index is 15.2. The molecule has 0 bridgehead atoms. The van der Waals surface area contributed by atoms with Gasteiger partial charge in [-0.3, -0.25) is 4.79 Å². The minimum Gasteiger partial charge on any atom is -0.481 e. The number of furan rings is 1. The van der Waals surface area contributed by atoms with E-state index in [9.17, 15) is 9.90 Å². The molecule has 1 aromatic heterocycles. The van der Waals surface area contributed by atoms with Crippen molar-refractivity contribution in [2.45, 2.75) is 19.1 Å². The van der Waals surface area contributed by atoms with Crippen LogP contribution in [0.4, 0.5) is 10.1 Å². The lowest BCUT2D eigenvalue weighted by Gasteiger charge is -2.35. The van der Waals surface area contributed by atoms with Gasteiger partial charge < -0.3 is 24.9 Å². The zero-order valence-corrected chi connectivity index (χ0v) is 18.0. The maximum Gasteiger partial charge on any atom is 0.307 e. The van der Waals surface area contributed by atoms with Crippen LogP contribution in [0.15, 0.2) is 65.3 Å². The summed E-state index contributed by atoms with van der Waals surface area (Å²) in [6.07, 6.45) is 1.07. The fourth-order valence-electron chi connectivity index (χ4n) is 4.45. The molecule has 3 N–H and O–H groups in total. The number of nitrogens with two attached hydrogens (primary N) is 1. The van der Waals surface area contributed by atoms with E-state index >= 15 is 4.39 Å². The Hall–Kier alpha value is -3.84. The molecule has 0 aliphatic carbocycles. The van der Waals surface area contributed by atoms with Crippen LogP contribution in [0.1, 0.15) is 22.8 Å². The van der Waals surface area contributed by atoms with Crippen LogP contribution < -0.4 is 15.4 Å². The molecule has 0 saturated heterocycles. The van der Waals surface area contributed by atoms with Crippen molar-refractivity contribution in [1.29, 1.82) is 0 Å². The Morgan fingerprint density at radius 1 is 1.15 bits per heavy atom. The van der Waals surface area contributed by atoms with E-state index in [1.807, 2.05) is 42.3 Å². The monoisotopic (exact) mass is 446 g/mol. The van der Waals surface area contributed by atoms with Crippen molar-refractivity contribution in [1.82, 2.24) is 0 Å². The van der Waals surface area contributed by atoms with Crippen LogP contribution >= 0.6 is 0 Å². The van der Waals surface area contributed by atoms with E-state index in [1.165, 1.54) is 0 Å². The second-order valence-corrected chi connectivity index (χ2v) is 8.21. The average molecular weight is 446 g/mol. The average Bonchev–Trinajstić information content (AvgIpc) is 3.28. The van der Waals surface area contributed by atoms with Gasteiger partial charge in [-0.25, -0.2) is 4.39 Å². The third-order valence-electron chi connectivity index (χ3n) is 6.06. The molecule has 1 aliphatic heterocycles. The molecule has 5 rings (SSSR count). The number of fused-ring (bicyclic) bond motifs is 2. The first-order valence-electron chi connectivity index (χ1n) is 10.7. The Labute approximate surface area is 190 Å². The van der Waals surface area contributed by atoms with Crippen molar-refractivity contribution in [3.05, 3.63) is 83.4 Å². The fraction of sp³-hybridized carbons (Fsp3) is 0.192. The van der Waals surface area contributed by atoms with Gasteiger partial charge in [-0.05, 0) is 29.8 Å². The minimum atomic E-state index is -0.922. The van der Waals surface area contributed by atoms with Crippen LogP contribution in [0.5, 0.6) is 5.75 Å². The van der Waals surface area contributed by atoms with Crippen LogP contribution in [-0.4, -0.2) is 24.7 Å². The molecule has 0 saturated carbocycles. The summed E-state index contributed by atoms with van der Waals surface area (Å²) < 4.78 is 27.2. The normalized spacial score (nSPS) is 15.4. The first-order chi connectivity index (χ1) is 16.0. The lowest BCUT2D eigenvalue weighted by Crippen LogP contribution is -2.32. The fourth-order valence-corrected chi connectivity index (χ4v) is 4.45.